The fraction of sp³-hybridized carbons (Fsp3) is 0.545. The molecule has 1 aromatic heterocycles. The summed E-state index contributed by atoms with van der Waals surface area (Å²) in [7, 11) is -2.04. The molecule has 1 N–H and O–H groups in total. The van der Waals surface area contributed by atoms with Crippen molar-refractivity contribution in [3.05, 3.63) is 16.0 Å². The highest BCUT2D eigenvalue weighted by atomic mass is 32.2. The standard InChI is InChI=1S/C11H16N2O3S2/c1-7(16-4)6-18(14,15)13-11-10(5-12)8(2)9(3)17-11/h7,13H,6H2,1-4H3/t7-/m0/s1. The number of hydrogen-bond donors (Lipinski definition) is 1. The largest absolute Gasteiger partial charge is 0.381 e. The molecular formula is C11H16N2O3S2. The fourth-order valence-corrected chi connectivity index (χ4v) is 4.03. The summed E-state index contributed by atoms with van der Waals surface area (Å²) in [5, 5.41) is 9.42. The first-order chi connectivity index (χ1) is 8.30. The Balaban J connectivity index is 2.99. The number of aryl methyl sites for hydroxylation is 1. The number of nitrogens with zero attached hydrogens (tertiary/aromatic N) is 1. The molecule has 0 aromatic carbocycles. The Morgan fingerprint density at radius 1 is 1.50 bits per heavy atom. The molecule has 0 bridgehead atoms. The zero-order valence-electron chi connectivity index (χ0n) is 10.8. The Labute approximate surface area is 111 Å². The molecule has 0 unspecified atom stereocenters. The lowest BCUT2D eigenvalue weighted by atomic mass is 10.2. The minimum absolute atomic E-state index is 0.135. The summed E-state index contributed by atoms with van der Waals surface area (Å²) in [4.78, 5) is 0.934. The third-order valence-electron chi connectivity index (χ3n) is 2.60. The molecule has 0 saturated heterocycles. The van der Waals surface area contributed by atoms with Gasteiger partial charge in [0, 0.05) is 12.0 Å². The van der Waals surface area contributed by atoms with E-state index in [9.17, 15) is 8.42 Å². The normalized spacial score (nSPS) is 13.1. The first-order valence-corrected chi connectivity index (χ1v) is 7.81. The van der Waals surface area contributed by atoms with Crippen LogP contribution >= 0.6 is 11.3 Å². The second kappa shape index (κ2) is 5.69. The number of nitriles is 1. The van der Waals surface area contributed by atoms with E-state index in [1.165, 1.54) is 18.4 Å². The van der Waals surface area contributed by atoms with Crippen molar-refractivity contribution in [3.8, 4) is 6.07 Å². The molecule has 0 saturated carbocycles. The smallest absolute Gasteiger partial charge is 0.235 e. The third-order valence-corrected chi connectivity index (χ3v) is 5.28. The van der Waals surface area contributed by atoms with E-state index in [2.05, 4.69) is 4.72 Å². The molecule has 0 spiro atoms. The van der Waals surface area contributed by atoms with Crippen molar-refractivity contribution in [1.29, 1.82) is 5.26 Å². The van der Waals surface area contributed by atoms with Crippen LogP contribution in [-0.4, -0.2) is 27.4 Å². The number of anilines is 1. The van der Waals surface area contributed by atoms with Crippen LogP contribution in [0.5, 0.6) is 0 Å². The van der Waals surface area contributed by atoms with Gasteiger partial charge in [-0.15, -0.1) is 11.3 Å². The molecule has 7 heteroatoms. The Morgan fingerprint density at radius 3 is 2.61 bits per heavy atom. The van der Waals surface area contributed by atoms with Crippen LogP contribution in [-0.2, 0) is 14.8 Å². The van der Waals surface area contributed by atoms with Gasteiger partial charge in [-0.3, -0.25) is 4.72 Å². The van der Waals surface area contributed by atoms with Crippen molar-refractivity contribution in [2.75, 3.05) is 17.6 Å². The van der Waals surface area contributed by atoms with Crippen molar-refractivity contribution in [2.24, 2.45) is 0 Å². The number of nitrogens with one attached hydrogen (secondary N) is 1. The van der Waals surface area contributed by atoms with Gasteiger partial charge in [0.1, 0.15) is 11.1 Å². The van der Waals surface area contributed by atoms with Crippen LogP contribution in [0.15, 0.2) is 0 Å². The van der Waals surface area contributed by atoms with Gasteiger partial charge in [0.2, 0.25) is 10.0 Å². The van der Waals surface area contributed by atoms with Crippen molar-refractivity contribution in [3.63, 3.8) is 0 Å². The van der Waals surface area contributed by atoms with Gasteiger partial charge in [0.15, 0.2) is 0 Å². The highest BCUT2D eigenvalue weighted by Gasteiger charge is 2.20. The van der Waals surface area contributed by atoms with Crippen molar-refractivity contribution in [1.82, 2.24) is 0 Å². The quantitative estimate of drug-likeness (QED) is 0.899. The van der Waals surface area contributed by atoms with Gasteiger partial charge in [-0.1, -0.05) is 0 Å². The van der Waals surface area contributed by atoms with Crippen molar-refractivity contribution >= 4 is 26.4 Å². The molecule has 0 fully saturated rings. The van der Waals surface area contributed by atoms with E-state index in [0.717, 1.165) is 10.4 Å². The summed E-state index contributed by atoms with van der Waals surface area (Å²) < 4.78 is 31.1. The second-order valence-corrected chi connectivity index (χ2v) is 7.02. The minimum atomic E-state index is -3.50. The molecule has 5 nitrogen and oxygen atoms in total. The average Bonchev–Trinajstić information content (AvgIpc) is 2.52. The van der Waals surface area contributed by atoms with Crippen LogP contribution < -0.4 is 4.72 Å². The second-order valence-electron chi connectivity index (χ2n) is 4.03. The highest BCUT2D eigenvalue weighted by Crippen LogP contribution is 2.32. The molecule has 1 heterocycles. The first-order valence-electron chi connectivity index (χ1n) is 5.34. The van der Waals surface area contributed by atoms with Crippen LogP contribution in [0, 0.1) is 25.2 Å². The lowest BCUT2D eigenvalue weighted by Gasteiger charge is -2.11. The number of hydrogen-bond acceptors (Lipinski definition) is 5. The van der Waals surface area contributed by atoms with E-state index in [1.54, 1.807) is 13.8 Å². The molecule has 1 aromatic rings. The summed E-state index contributed by atoms with van der Waals surface area (Å²) in [5.41, 5.74) is 1.21. The van der Waals surface area contributed by atoms with Gasteiger partial charge in [-0.25, -0.2) is 8.42 Å². The molecule has 1 rings (SSSR count). The Morgan fingerprint density at radius 2 is 2.11 bits per heavy atom. The summed E-state index contributed by atoms with van der Waals surface area (Å²) in [6, 6.07) is 2.03. The number of ether oxygens (including phenoxy) is 1. The lowest BCUT2D eigenvalue weighted by molar-refractivity contribution is 0.136. The zero-order valence-corrected chi connectivity index (χ0v) is 12.4. The van der Waals surface area contributed by atoms with Gasteiger partial charge >= 0.3 is 0 Å². The van der Waals surface area contributed by atoms with Crippen LogP contribution in [0.2, 0.25) is 0 Å². The van der Waals surface area contributed by atoms with E-state index in [4.69, 9.17) is 10.00 Å². The van der Waals surface area contributed by atoms with Gasteiger partial charge in [0.05, 0.1) is 17.4 Å². The molecule has 1 atom stereocenters. The van der Waals surface area contributed by atoms with Crippen LogP contribution in [0.25, 0.3) is 0 Å². The Hall–Kier alpha value is -1.10. The van der Waals surface area contributed by atoms with Crippen LogP contribution in [0.1, 0.15) is 22.9 Å². The topological polar surface area (TPSA) is 79.2 Å². The molecule has 0 aliphatic rings. The van der Waals surface area contributed by atoms with E-state index >= 15 is 0 Å². The van der Waals surface area contributed by atoms with E-state index in [0.29, 0.717) is 10.6 Å². The highest BCUT2D eigenvalue weighted by molar-refractivity contribution is 7.92. The molecule has 0 aliphatic carbocycles. The number of thiophene rings is 1. The number of rotatable bonds is 5. The summed E-state index contributed by atoms with van der Waals surface area (Å²) in [5.74, 6) is -0.135. The Bertz CT molecular complexity index is 570. The van der Waals surface area contributed by atoms with E-state index in [1.807, 2.05) is 13.0 Å². The minimum Gasteiger partial charge on any atom is -0.381 e. The van der Waals surface area contributed by atoms with E-state index < -0.39 is 16.1 Å². The zero-order chi connectivity index (χ0) is 13.9. The molecule has 0 amide bonds. The SMILES string of the molecule is CO[C@@H](C)CS(=O)(=O)Nc1sc(C)c(C)c1C#N. The van der Waals surface area contributed by atoms with Crippen molar-refractivity contribution in [2.45, 2.75) is 26.9 Å². The fourth-order valence-electron chi connectivity index (χ4n) is 1.39. The maximum Gasteiger partial charge on any atom is 0.235 e. The number of methoxy groups -OCH3 is 1. The molecule has 0 radical (unpaired) electrons. The van der Waals surface area contributed by atoms with E-state index in [-0.39, 0.29) is 5.75 Å². The molecule has 0 aliphatic heterocycles. The predicted molar refractivity (Wildman–Crippen MR) is 72.4 cm³/mol. The maximum absolute atomic E-state index is 11.9. The first kappa shape index (κ1) is 15.0. The van der Waals surface area contributed by atoms with Crippen molar-refractivity contribution < 1.29 is 13.2 Å². The van der Waals surface area contributed by atoms with Gasteiger partial charge in [-0.05, 0) is 26.3 Å². The monoisotopic (exact) mass is 288 g/mol. The average molecular weight is 288 g/mol. The summed E-state index contributed by atoms with van der Waals surface area (Å²) in [6.45, 7) is 5.34. The van der Waals surface area contributed by atoms with Gasteiger partial charge in [0.25, 0.3) is 0 Å². The van der Waals surface area contributed by atoms with Gasteiger partial charge < -0.3 is 4.74 Å². The predicted octanol–water partition coefficient (Wildman–Crippen LogP) is 2.01. The van der Waals surface area contributed by atoms with Crippen LogP contribution in [0.4, 0.5) is 5.00 Å². The lowest BCUT2D eigenvalue weighted by Crippen LogP contribution is -2.25. The molecule has 18 heavy (non-hydrogen) atoms. The molecule has 100 valence electrons. The molecular weight excluding hydrogens is 272 g/mol. The Kier molecular flexibility index (Phi) is 4.73. The summed E-state index contributed by atoms with van der Waals surface area (Å²) >= 11 is 1.27. The third kappa shape index (κ3) is 3.45. The summed E-state index contributed by atoms with van der Waals surface area (Å²) in [6.07, 6.45) is -0.393. The van der Waals surface area contributed by atoms with Gasteiger partial charge in [-0.2, -0.15) is 5.26 Å². The van der Waals surface area contributed by atoms with Crippen LogP contribution in [0.3, 0.4) is 0 Å². The number of sulfonamides is 1. The maximum atomic E-state index is 11.9.